The average Bonchev–Trinajstić information content (AvgIpc) is 2.75. The molecule has 0 aliphatic heterocycles. The summed E-state index contributed by atoms with van der Waals surface area (Å²) in [6.07, 6.45) is 1.69. The van der Waals surface area contributed by atoms with Gasteiger partial charge in [-0.3, -0.25) is 4.98 Å². The molecule has 3 aromatic rings. The first-order valence-corrected chi connectivity index (χ1v) is 6.75. The zero-order valence-corrected chi connectivity index (χ0v) is 11.3. The fourth-order valence-corrected chi connectivity index (χ4v) is 3.37. The number of thiophene rings is 1. The first-order valence-electron chi connectivity index (χ1n) is 5.14. The number of nitrogen functional groups attached to an aromatic ring is 1. The van der Waals surface area contributed by atoms with Crippen LogP contribution in [0.2, 0.25) is 0 Å². The van der Waals surface area contributed by atoms with Gasteiger partial charge >= 0.3 is 0 Å². The molecule has 3 rings (SSSR count). The van der Waals surface area contributed by atoms with E-state index in [-0.39, 0.29) is 0 Å². The molecule has 4 heteroatoms. The van der Waals surface area contributed by atoms with E-state index in [9.17, 15) is 0 Å². The van der Waals surface area contributed by atoms with Crippen LogP contribution in [0.4, 0.5) is 5.69 Å². The zero-order valence-electron chi connectivity index (χ0n) is 8.85. The molecule has 0 saturated heterocycles. The molecule has 0 aliphatic carbocycles. The van der Waals surface area contributed by atoms with Gasteiger partial charge in [0.25, 0.3) is 0 Å². The molecule has 0 saturated carbocycles. The Labute approximate surface area is 111 Å². The SMILES string of the molecule is Nc1ccc(-c2cc3cccc(Br)c3s2)nc1. The van der Waals surface area contributed by atoms with E-state index in [4.69, 9.17) is 5.73 Å². The second kappa shape index (κ2) is 4.13. The molecule has 0 radical (unpaired) electrons. The molecule has 0 spiro atoms. The van der Waals surface area contributed by atoms with Crippen LogP contribution in [0, 0.1) is 0 Å². The van der Waals surface area contributed by atoms with E-state index < -0.39 is 0 Å². The van der Waals surface area contributed by atoms with Gasteiger partial charge in [0.15, 0.2) is 0 Å². The van der Waals surface area contributed by atoms with Gasteiger partial charge in [-0.2, -0.15) is 0 Å². The van der Waals surface area contributed by atoms with Crippen molar-refractivity contribution in [3.63, 3.8) is 0 Å². The molecule has 0 bridgehead atoms. The second-order valence-electron chi connectivity index (χ2n) is 3.75. The summed E-state index contributed by atoms with van der Waals surface area (Å²) in [6, 6.07) is 12.2. The Morgan fingerprint density at radius 2 is 2.06 bits per heavy atom. The summed E-state index contributed by atoms with van der Waals surface area (Å²) in [5.41, 5.74) is 7.29. The van der Waals surface area contributed by atoms with Crippen molar-refractivity contribution in [2.24, 2.45) is 0 Å². The summed E-state index contributed by atoms with van der Waals surface area (Å²) in [7, 11) is 0. The molecule has 0 unspecified atom stereocenters. The summed E-state index contributed by atoms with van der Waals surface area (Å²) < 4.78 is 2.38. The lowest BCUT2D eigenvalue weighted by molar-refractivity contribution is 1.34. The quantitative estimate of drug-likeness (QED) is 0.727. The van der Waals surface area contributed by atoms with Gasteiger partial charge in [-0.25, -0.2) is 0 Å². The highest BCUT2D eigenvalue weighted by Crippen LogP contribution is 2.36. The highest BCUT2D eigenvalue weighted by molar-refractivity contribution is 9.10. The molecular formula is C13H9BrN2S. The Kier molecular flexibility index (Phi) is 2.61. The van der Waals surface area contributed by atoms with Gasteiger partial charge in [0.05, 0.1) is 22.5 Å². The fourth-order valence-electron chi connectivity index (χ4n) is 1.70. The minimum Gasteiger partial charge on any atom is -0.397 e. The van der Waals surface area contributed by atoms with E-state index in [1.54, 1.807) is 17.5 Å². The van der Waals surface area contributed by atoms with Crippen LogP contribution in [0.1, 0.15) is 0 Å². The Bertz CT molecular complexity index is 673. The third-order valence-corrected chi connectivity index (χ3v) is 4.66. The van der Waals surface area contributed by atoms with Crippen molar-refractivity contribution >= 4 is 43.0 Å². The van der Waals surface area contributed by atoms with Crippen LogP contribution in [0.3, 0.4) is 0 Å². The molecule has 0 aliphatic rings. The van der Waals surface area contributed by atoms with Gasteiger partial charge in [0.1, 0.15) is 0 Å². The van der Waals surface area contributed by atoms with Gasteiger partial charge in [-0.15, -0.1) is 11.3 Å². The van der Waals surface area contributed by atoms with Gasteiger partial charge in [0.2, 0.25) is 0 Å². The maximum Gasteiger partial charge on any atom is 0.0803 e. The van der Waals surface area contributed by atoms with Gasteiger partial charge < -0.3 is 5.73 Å². The largest absolute Gasteiger partial charge is 0.397 e. The fraction of sp³-hybridized carbons (Fsp3) is 0. The van der Waals surface area contributed by atoms with Crippen molar-refractivity contribution in [3.8, 4) is 10.6 Å². The summed E-state index contributed by atoms with van der Waals surface area (Å²) in [4.78, 5) is 5.50. The summed E-state index contributed by atoms with van der Waals surface area (Å²) in [5.74, 6) is 0. The number of nitrogens with two attached hydrogens (primary N) is 1. The van der Waals surface area contributed by atoms with Crippen LogP contribution < -0.4 is 5.73 Å². The predicted octanol–water partition coefficient (Wildman–Crippen LogP) is 4.31. The number of fused-ring (bicyclic) bond motifs is 1. The Hall–Kier alpha value is -1.39. The van der Waals surface area contributed by atoms with Crippen LogP contribution in [-0.4, -0.2) is 4.98 Å². The van der Waals surface area contributed by atoms with Gasteiger partial charge in [0, 0.05) is 9.17 Å². The summed E-state index contributed by atoms with van der Waals surface area (Å²) in [5, 5.41) is 1.23. The zero-order chi connectivity index (χ0) is 11.8. The van der Waals surface area contributed by atoms with Gasteiger partial charge in [-0.05, 0) is 45.6 Å². The van der Waals surface area contributed by atoms with Crippen molar-refractivity contribution in [2.45, 2.75) is 0 Å². The number of rotatable bonds is 1. The average molecular weight is 305 g/mol. The first-order chi connectivity index (χ1) is 8.24. The number of nitrogens with zero attached hydrogens (tertiary/aromatic N) is 1. The van der Waals surface area contributed by atoms with Crippen LogP contribution in [-0.2, 0) is 0 Å². The van der Waals surface area contributed by atoms with Crippen LogP contribution in [0.25, 0.3) is 20.7 Å². The van der Waals surface area contributed by atoms with Gasteiger partial charge in [-0.1, -0.05) is 12.1 Å². The molecule has 2 aromatic heterocycles. The molecule has 2 heterocycles. The molecule has 0 atom stereocenters. The monoisotopic (exact) mass is 304 g/mol. The molecule has 2 N–H and O–H groups in total. The van der Waals surface area contributed by atoms with Crippen molar-refractivity contribution in [1.82, 2.24) is 4.98 Å². The van der Waals surface area contributed by atoms with E-state index in [2.05, 4.69) is 39.1 Å². The standard InChI is InChI=1S/C13H9BrN2S/c14-10-3-1-2-8-6-12(17-13(8)10)11-5-4-9(15)7-16-11/h1-7H,15H2. The lowest BCUT2D eigenvalue weighted by Gasteiger charge is -1.96. The molecule has 0 fully saturated rings. The number of hydrogen-bond acceptors (Lipinski definition) is 3. The lowest BCUT2D eigenvalue weighted by atomic mass is 10.2. The molecule has 2 nitrogen and oxygen atoms in total. The predicted molar refractivity (Wildman–Crippen MR) is 77.2 cm³/mol. The second-order valence-corrected chi connectivity index (χ2v) is 5.65. The Morgan fingerprint density at radius 3 is 2.76 bits per heavy atom. The number of pyridine rings is 1. The lowest BCUT2D eigenvalue weighted by Crippen LogP contribution is -1.86. The van der Waals surface area contributed by atoms with Crippen LogP contribution in [0.5, 0.6) is 0 Å². The summed E-state index contributed by atoms with van der Waals surface area (Å²) >= 11 is 5.30. The Balaban J connectivity index is 2.18. The first kappa shape index (κ1) is 10.7. The van der Waals surface area contributed by atoms with E-state index in [0.29, 0.717) is 5.69 Å². The van der Waals surface area contributed by atoms with E-state index in [1.165, 1.54) is 10.1 Å². The number of halogens is 1. The van der Waals surface area contributed by atoms with Crippen molar-refractivity contribution in [3.05, 3.63) is 47.1 Å². The minimum atomic E-state index is 0.691. The smallest absolute Gasteiger partial charge is 0.0803 e. The highest BCUT2D eigenvalue weighted by Gasteiger charge is 2.07. The molecule has 0 amide bonds. The van der Waals surface area contributed by atoms with Crippen molar-refractivity contribution < 1.29 is 0 Å². The van der Waals surface area contributed by atoms with Crippen molar-refractivity contribution in [2.75, 3.05) is 5.73 Å². The molecule has 84 valence electrons. The van der Waals surface area contributed by atoms with E-state index >= 15 is 0 Å². The summed E-state index contributed by atoms with van der Waals surface area (Å²) in [6.45, 7) is 0. The highest BCUT2D eigenvalue weighted by atomic mass is 79.9. The van der Waals surface area contributed by atoms with Crippen molar-refractivity contribution in [1.29, 1.82) is 0 Å². The maximum atomic E-state index is 5.64. The van der Waals surface area contributed by atoms with Crippen LogP contribution in [0.15, 0.2) is 47.1 Å². The molecule has 1 aromatic carbocycles. The van der Waals surface area contributed by atoms with E-state index in [1.807, 2.05) is 18.2 Å². The number of benzene rings is 1. The number of aromatic nitrogens is 1. The number of hydrogen-bond donors (Lipinski definition) is 1. The maximum absolute atomic E-state index is 5.64. The van der Waals surface area contributed by atoms with E-state index in [0.717, 1.165) is 15.0 Å². The molecular weight excluding hydrogens is 296 g/mol. The topological polar surface area (TPSA) is 38.9 Å². The molecule has 17 heavy (non-hydrogen) atoms. The normalized spacial score (nSPS) is 10.9. The minimum absolute atomic E-state index is 0.691. The number of anilines is 1. The van der Waals surface area contributed by atoms with Crippen LogP contribution >= 0.6 is 27.3 Å². The third-order valence-electron chi connectivity index (χ3n) is 2.53. The Morgan fingerprint density at radius 1 is 1.18 bits per heavy atom. The third kappa shape index (κ3) is 1.94.